The lowest BCUT2D eigenvalue weighted by Crippen LogP contribution is -2.57. The zero-order valence-corrected chi connectivity index (χ0v) is 18.3. The largest absolute Gasteiger partial charge is 0.351 e. The summed E-state index contributed by atoms with van der Waals surface area (Å²) in [6.45, 7) is 2.90. The van der Waals surface area contributed by atoms with E-state index in [2.05, 4.69) is 36.5 Å². The van der Waals surface area contributed by atoms with Gasteiger partial charge in [0.15, 0.2) is 0 Å². The van der Waals surface area contributed by atoms with E-state index in [0.29, 0.717) is 21.0 Å². The summed E-state index contributed by atoms with van der Waals surface area (Å²) in [7, 11) is 0. The van der Waals surface area contributed by atoms with E-state index >= 15 is 0 Å². The first-order chi connectivity index (χ1) is 13.8. The van der Waals surface area contributed by atoms with Crippen molar-refractivity contribution >= 4 is 29.1 Å². The maximum absolute atomic E-state index is 12.8. The molecule has 0 spiro atoms. The standard InChI is InChI=1S/C25H27Cl2NO/c1-16-2-4-20(5-3-16)25-12-17-6-18(13-25)11-24(10-17,14-25)15-28-23(29)19-7-21(26)9-22(27)8-19/h2-5,7-9,17-18H,6,10-15H2,1H3,(H,28,29)/t17-,18+,24?,25?. The van der Waals surface area contributed by atoms with Gasteiger partial charge in [0.05, 0.1) is 0 Å². The van der Waals surface area contributed by atoms with Gasteiger partial charge in [0, 0.05) is 22.2 Å². The number of benzene rings is 2. The minimum atomic E-state index is -0.0745. The zero-order chi connectivity index (χ0) is 20.2. The van der Waals surface area contributed by atoms with Gasteiger partial charge in [-0.3, -0.25) is 4.79 Å². The molecular formula is C25H27Cl2NO. The third-order valence-corrected chi connectivity index (χ3v) is 8.03. The average Bonchev–Trinajstić information content (AvgIpc) is 2.65. The number of rotatable bonds is 4. The molecule has 0 aliphatic heterocycles. The summed E-state index contributed by atoms with van der Waals surface area (Å²) in [6.07, 6.45) is 7.67. The molecular weight excluding hydrogens is 401 g/mol. The van der Waals surface area contributed by atoms with E-state index in [1.54, 1.807) is 18.2 Å². The third kappa shape index (κ3) is 3.59. The number of hydrogen-bond donors (Lipinski definition) is 1. The van der Waals surface area contributed by atoms with Gasteiger partial charge < -0.3 is 5.32 Å². The highest BCUT2D eigenvalue weighted by Crippen LogP contribution is 2.65. The molecule has 4 atom stereocenters. The molecule has 1 N–H and O–H groups in total. The molecule has 4 aliphatic carbocycles. The van der Waals surface area contributed by atoms with Gasteiger partial charge in [-0.2, -0.15) is 0 Å². The van der Waals surface area contributed by atoms with E-state index in [1.807, 2.05) is 0 Å². The van der Waals surface area contributed by atoms with Crippen LogP contribution in [0.25, 0.3) is 0 Å². The van der Waals surface area contributed by atoms with Gasteiger partial charge in [0.1, 0.15) is 0 Å². The number of amides is 1. The summed E-state index contributed by atoms with van der Waals surface area (Å²) < 4.78 is 0. The fourth-order valence-electron chi connectivity index (χ4n) is 6.96. The molecule has 0 aromatic heterocycles. The lowest BCUT2D eigenvalue weighted by molar-refractivity contribution is -0.0697. The van der Waals surface area contributed by atoms with Crippen molar-refractivity contribution in [3.63, 3.8) is 0 Å². The van der Waals surface area contributed by atoms with E-state index < -0.39 is 0 Å². The maximum atomic E-state index is 12.8. The quantitative estimate of drug-likeness (QED) is 0.586. The minimum absolute atomic E-state index is 0.0745. The number of aryl methyl sites for hydroxylation is 1. The van der Waals surface area contributed by atoms with Crippen molar-refractivity contribution in [2.45, 2.75) is 50.9 Å². The fraction of sp³-hybridized carbons (Fsp3) is 0.480. The lowest BCUT2D eigenvalue weighted by atomic mass is 9.43. The second kappa shape index (κ2) is 7.03. The summed E-state index contributed by atoms with van der Waals surface area (Å²) in [6, 6.07) is 14.2. The van der Waals surface area contributed by atoms with Gasteiger partial charge >= 0.3 is 0 Å². The molecule has 1 amide bonds. The normalized spacial score (nSPS) is 32.4. The fourth-order valence-corrected chi connectivity index (χ4v) is 7.48. The molecule has 4 heteroatoms. The number of carbonyl (C=O) groups is 1. The Morgan fingerprint density at radius 1 is 1.00 bits per heavy atom. The molecule has 2 aromatic carbocycles. The van der Waals surface area contributed by atoms with Gasteiger partial charge in [-0.25, -0.2) is 0 Å². The van der Waals surface area contributed by atoms with Crippen LogP contribution in [0.1, 0.15) is 60.0 Å². The second-order valence-corrected chi connectivity index (χ2v) is 10.8. The van der Waals surface area contributed by atoms with E-state index in [4.69, 9.17) is 23.2 Å². The zero-order valence-electron chi connectivity index (χ0n) is 16.8. The van der Waals surface area contributed by atoms with Crippen molar-refractivity contribution in [2.75, 3.05) is 6.54 Å². The summed E-state index contributed by atoms with van der Waals surface area (Å²) >= 11 is 12.2. The predicted molar refractivity (Wildman–Crippen MR) is 119 cm³/mol. The Labute approximate surface area is 183 Å². The molecule has 152 valence electrons. The van der Waals surface area contributed by atoms with Gasteiger partial charge in [-0.1, -0.05) is 53.0 Å². The lowest BCUT2D eigenvalue weighted by Gasteiger charge is -2.62. The van der Waals surface area contributed by atoms with E-state index in [-0.39, 0.29) is 11.3 Å². The predicted octanol–water partition coefficient (Wildman–Crippen LogP) is 6.57. The Hall–Kier alpha value is -1.51. The highest BCUT2D eigenvalue weighted by atomic mass is 35.5. The first kappa shape index (κ1) is 19.5. The van der Waals surface area contributed by atoms with Crippen LogP contribution in [0.2, 0.25) is 10.0 Å². The smallest absolute Gasteiger partial charge is 0.251 e. The molecule has 4 saturated carbocycles. The average molecular weight is 428 g/mol. The number of hydrogen-bond acceptors (Lipinski definition) is 1. The SMILES string of the molecule is Cc1ccc(C23C[C@@H]4C[C@@H](CC(CNC(=O)c5cc(Cl)cc(Cl)c5)(C4)C2)C3)cc1. The Morgan fingerprint density at radius 2 is 1.62 bits per heavy atom. The Kier molecular flexibility index (Phi) is 4.71. The molecule has 4 bridgehead atoms. The monoisotopic (exact) mass is 427 g/mol. The molecule has 2 aromatic rings. The van der Waals surface area contributed by atoms with Crippen LogP contribution in [0.15, 0.2) is 42.5 Å². The van der Waals surface area contributed by atoms with Crippen LogP contribution in [-0.4, -0.2) is 12.5 Å². The van der Waals surface area contributed by atoms with Crippen LogP contribution in [-0.2, 0) is 5.41 Å². The first-order valence-corrected chi connectivity index (χ1v) is 11.4. The summed E-state index contributed by atoms with van der Waals surface area (Å²) in [5.41, 5.74) is 3.88. The summed E-state index contributed by atoms with van der Waals surface area (Å²) in [5.74, 6) is 1.50. The third-order valence-electron chi connectivity index (χ3n) is 7.59. The first-order valence-electron chi connectivity index (χ1n) is 10.7. The highest BCUT2D eigenvalue weighted by molar-refractivity contribution is 6.35. The summed E-state index contributed by atoms with van der Waals surface area (Å²) in [5, 5.41) is 4.22. The molecule has 0 radical (unpaired) electrons. The topological polar surface area (TPSA) is 29.1 Å². The highest BCUT2D eigenvalue weighted by Gasteiger charge is 2.58. The van der Waals surface area contributed by atoms with Crippen molar-refractivity contribution < 1.29 is 4.79 Å². The van der Waals surface area contributed by atoms with Crippen molar-refractivity contribution in [3.05, 3.63) is 69.2 Å². The number of halogens is 2. The maximum Gasteiger partial charge on any atom is 0.251 e. The van der Waals surface area contributed by atoms with Crippen LogP contribution in [0.4, 0.5) is 0 Å². The van der Waals surface area contributed by atoms with E-state index in [0.717, 1.165) is 18.4 Å². The van der Waals surface area contributed by atoms with Crippen molar-refractivity contribution in [1.82, 2.24) is 5.32 Å². The molecule has 4 aliphatic rings. The van der Waals surface area contributed by atoms with Gasteiger partial charge in [0.2, 0.25) is 0 Å². The Balaban J connectivity index is 1.37. The minimum Gasteiger partial charge on any atom is -0.351 e. The molecule has 4 fully saturated rings. The number of nitrogens with one attached hydrogen (secondary N) is 1. The van der Waals surface area contributed by atoms with Crippen LogP contribution >= 0.6 is 23.2 Å². The van der Waals surface area contributed by atoms with Crippen molar-refractivity contribution in [3.8, 4) is 0 Å². The van der Waals surface area contributed by atoms with Gasteiger partial charge in [-0.05, 0) is 91.9 Å². The van der Waals surface area contributed by atoms with Crippen LogP contribution in [0.5, 0.6) is 0 Å². The molecule has 2 nitrogen and oxygen atoms in total. The molecule has 29 heavy (non-hydrogen) atoms. The summed E-state index contributed by atoms with van der Waals surface area (Å²) in [4.78, 5) is 12.8. The molecule has 6 rings (SSSR count). The van der Waals surface area contributed by atoms with Gasteiger partial charge in [0.25, 0.3) is 5.91 Å². The Morgan fingerprint density at radius 3 is 2.24 bits per heavy atom. The van der Waals surface area contributed by atoms with E-state index in [1.165, 1.54) is 49.7 Å². The number of carbonyl (C=O) groups excluding carboxylic acids is 1. The van der Waals surface area contributed by atoms with Gasteiger partial charge in [-0.15, -0.1) is 0 Å². The van der Waals surface area contributed by atoms with E-state index in [9.17, 15) is 4.79 Å². The molecule has 2 unspecified atom stereocenters. The Bertz CT molecular complexity index is 918. The molecule has 0 saturated heterocycles. The van der Waals surface area contributed by atoms with Crippen LogP contribution in [0, 0.1) is 24.2 Å². The van der Waals surface area contributed by atoms with Crippen LogP contribution in [0.3, 0.4) is 0 Å². The van der Waals surface area contributed by atoms with Crippen molar-refractivity contribution in [2.24, 2.45) is 17.3 Å². The van der Waals surface area contributed by atoms with Crippen molar-refractivity contribution in [1.29, 1.82) is 0 Å². The molecule has 0 heterocycles. The van der Waals surface area contributed by atoms with Crippen LogP contribution < -0.4 is 5.32 Å². The second-order valence-electron chi connectivity index (χ2n) is 9.95.